The zero-order chi connectivity index (χ0) is 16.1. The van der Waals surface area contributed by atoms with Crippen molar-refractivity contribution in [3.05, 3.63) is 24.7 Å². The van der Waals surface area contributed by atoms with E-state index in [1.54, 1.807) is 29.4 Å². The molecule has 0 amide bonds. The van der Waals surface area contributed by atoms with Crippen molar-refractivity contribution in [2.75, 3.05) is 36.1 Å². The molecule has 0 unspecified atom stereocenters. The van der Waals surface area contributed by atoms with Crippen LogP contribution in [0.4, 0.5) is 11.8 Å². The molecule has 0 radical (unpaired) electrons. The van der Waals surface area contributed by atoms with E-state index < -0.39 is 0 Å². The molecule has 1 aliphatic rings. The van der Waals surface area contributed by atoms with Crippen molar-refractivity contribution in [2.45, 2.75) is 19.8 Å². The summed E-state index contributed by atoms with van der Waals surface area (Å²) in [5, 5.41) is 17.4. The molecule has 0 aromatic carbocycles. The van der Waals surface area contributed by atoms with Gasteiger partial charge in [0.05, 0.1) is 17.9 Å². The first-order chi connectivity index (χ1) is 11.3. The summed E-state index contributed by atoms with van der Waals surface area (Å²) in [6.45, 7) is 5.00. The van der Waals surface area contributed by atoms with Crippen molar-refractivity contribution in [2.24, 2.45) is 4.99 Å². The Morgan fingerprint density at radius 2 is 2.04 bits per heavy atom. The van der Waals surface area contributed by atoms with Crippen LogP contribution in [0.25, 0.3) is 0 Å². The number of anilines is 1. The highest BCUT2D eigenvalue weighted by Crippen LogP contribution is 2.09. The van der Waals surface area contributed by atoms with Gasteiger partial charge in [-0.1, -0.05) is 13.3 Å². The zero-order valence-electron chi connectivity index (χ0n) is 13.0. The molecule has 2 aromatic rings. The summed E-state index contributed by atoms with van der Waals surface area (Å²) in [5.74, 6) is 0.775. The average molecular weight is 317 g/mol. The standard InChI is InChI=1S/C14H19N7O2/c1-2-4-12(22)17-13-11-21(18-23-13)20-9-7-19(8-10-20)14-15-5-3-6-16-14/h3,5-6,11H,2,4,7-10H2,1H3. The van der Waals surface area contributed by atoms with Crippen LogP contribution in [0.3, 0.4) is 0 Å². The van der Waals surface area contributed by atoms with Gasteiger partial charge in [0, 0.05) is 25.5 Å². The van der Waals surface area contributed by atoms with Gasteiger partial charge in [-0.25, -0.2) is 15.0 Å². The monoisotopic (exact) mass is 317 g/mol. The maximum absolute atomic E-state index is 11.5. The molecule has 1 aliphatic heterocycles. The molecular weight excluding hydrogens is 298 g/mol. The van der Waals surface area contributed by atoms with Crippen molar-refractivity contribution in [3.8, 4) is 0 Å². The van der Waals surface area contributed by atoms with Crippen LogP contribution in [0, 0.1) is 0 Å². The number of piperazine rings is 1. The van der Waals surface area contributed by atoms with Crippen molar-refractivity contribution >= 4 is 17.7 Å². The second-order valence-electron chi connectivity index (χ2n) is 5.21. The van der Waals surface area contributed by atoms with E-state index in [-0.39, 0.29) is 11.8 Å². The first kappa shape index (κ1) is 15.2. The van der Waals surface area contributed by atoms with Crippen molar-refractivity contribution in [1.82, 2.24) is 15.2 Å². The number of aliphatic imine (C=N–C) groups is 1. The molecule has 0 saturated carbocycles. The molecule has 0 spiro atoms. The summed E-state index contributed by atoms with van der Waals surface area (Å²) in [6.07, 6.45) is 6.28. The lowest BCUT2D eigenvalue weighted by molar-refractivity contribution is -0.758. The number of nitrogens with zero attached hydrogens (tertiary/aromatic N) is 7. The number of aromatic nitrogens is 4. The van der Waals surface area contributed by atoms with Gasteiger partial charge in [-0.15, -0.1) is 5.01 Å². The molecular formula is C14H19N7O2. The molecule has 23 heavy (non-hydrogen) atoms. The van der Waals surface area contributed by atoms with E-state index in [0.29, 0.717) is 6.42 Å². The molecule has 3 heterocycles. The second kappa shape index (κ2) is 7.03. The number of hydrogen-bond acceptors (Lipinski definition) is 8. The lowest BCUT2D eigenvalue weighted by Crippen LogP contribution is -2.65. The van der Waals surface area contributed by atoms with Gasteiger partial charge in [0.1, 0.15) is 0 Å². The molecule has 9 heteroatoms. The summed E-state index contributed by atoms with van der Waals surface area (Å²) in [5.41, 5.74) is 0. The molecule has 0 bridgehead atoms. The van der Waals surface area contributed by atoms with Crippen LogP contribution in [-0.4, -0.2) is 47.3 Å². The molecule has 0 N–H and O–H groups in total. The van der Waals surface area contributed by atoms with Crippen molar-refractivity contribution in [3.63, 3.8) is 0 Å². The van der Waals surface area contributed by atoms with Crippen molar-refractivity contribution < 1.29 is 14.4 Å². The Bertz CT molecular complexity index is 650. The van der Waals surface area contributed by atoms with Crippen LogP contribution < -0.4 is 19.8 Å². The van der Waals surface area contributed by atoms with Crippen LogP contribution in [0.2, 0.25) is 0 Å². The topological polar surface area (TPSA) is 97.6 Å². The van der Waals surface area contributed by atoms with Crippen LogP contribution in [-0.2, 0) is 0 Å². The van der Waals surface area contributed by atoms with Crippen molar-refractivity contribution in [1.29, 1.82) is 0 Å². The first-order valence-electron chi connectivity index (χ1n) is 7.66. The highest BCUT2D eigenvalue weighted by molar-refractivity contribution is 5.73. The molecule has 3 rings (SSSR count). The third-order valence-electron chi connectivity index (χ3n) is 3.52. The number of rotatable bonds is 5. The van der Waals surface area contributed by atoms with E-state index in [0.717, 1.165) is 38.5 Å². The largest absolute Gasteiger partial charge is 0.862 e. The van der Waals surface area contributed by atoms with E-state index in [1.165, 1.54) is 0 Å². The SMILES string of the molecule is CCCC([O-])=Nc1c[n+](N2CCN(c3ncccn3)CC2)no1. The molecule has 9 nitrogen and oxygen atoms in total. The highest BCUT2D eigenvalue weighted by atomic mass is 16.5. The van der Waals surface area contributed by atoms with E-state index in [9.17, 15) is 5.11 Å². The molecule has 1 saturated heterocycles. The smallest absolute Gasteiger partial charge is 0.324 e. The van der Waals surface area contributed by atoms with Crippen LogP contribution in [0.15, 0.2) is 34.2 Å². The van der Waals surface area contributed by atoms with Gasteiger partial charge in [-0.2, -0.15) is 0 Å². The van der Waals surface area contributed by atoms with Crippen LogP contribution in [0.5, 0.6) is 0 Å². The van der Waals surface area contributed by atoms with E-state index in [2.05, 4.69) is 25.1 Å². The zero-order valence-corrected chi connectivity index (χ0v) is 13.0. The summed E-state index contributed by atoms with van der Waals surface area (Å²) in [6, 6.07) is 1.80. The summed E-state index contributed by atoms with van der Waals surface area (Å²) in [7, 11) is 0. The third kappa shape index (κ3) is 3.74. The maximum Gasteiger partial charge on any atom is 0.324 e. The fraction of sp³-hybridized carbons (Fsp3) is 0.500. The third-order valence-corrected chi connectivity index (χ3v) is 3.52. The van der Waals surface area contributed by atoms with E-state index >= 15 is 0 Å². The molecule has 1 fully saturated rings. The Labute approximate surface area is 133 Å². The normalized spacial score (nSPS) is 16.0. The van der Waals surface area contributed by atoms with Gasteiger partial charge in [0.25, 0.3) is 6.20 Å². The minimum atomic E-state index is -0.193. The molecule has 122 valence electrons. The lowest BCUT2D eigenvalue weighted by Gasteiger charge is -2.29. The molecule has 2 aromatic heterocycles. The summed E-state index contributed by atoms with van der Waals surface area (Å²) < 4.78 is 5.09. The Balaban J connectivity index is 1.60. The van der Waals surface area contributed by atoms with E-state index in [4.69, 9.17) is 4.52 Å². The highest BCUT2D eigenvalue weighted by Gasteiger charge is 2.26. The number of hydrogen-bond donors (Lipinski definition) is 0. The summed E-state index contributed by atoms with van der Waals surface area (Å²) >= 11 is 0. The second-order valence-corrected chi connectivity index (χ2v) is 5.21. The van der Waals surface area contributed by atoms with Gasteiger partial charge in [-0.05, 0) is 18.4 Å². The summed E-state index contributed by atoms with van der Waals surface area (Å²) in [4.78, 5) is 16.1. The molecule has 0 aliphatic carbocycles. The minimum absolute atomic E-state index is 0.193. The Hall–Kier alpha value is -2.71. The molecule has 0 atom stereocenters. The van der Waals surface area contributed by atoms with Gasteiger partial charge in [-0.3, -0.25) is 4.52 Å². The fourth-order valence-electron chi connectivity index (χ4n) is 2.36. The van der Waals surface area contributed by atoms with Crippen LogP contribution in [0.1, 0.15) is 19.8 Å². The maximum atomic E-state index is 11.5. The van der Waals surface area contributed by atoms with Gasteiger partial charge in [0.2, 0.25) is 11.2 Å². The lowest BCUT2D eigenvalue weighted by atomic mass is 10.3. The predicted octanol–water partition coefficient (Wildman–Crippen LogP) is -0.599. The van der Waals surface area contributed by atoms with Gasteiger partial charge >= 0.3 is 5.88 Å². The van der Waals surface area contributed by atoms with Crippen LogP contribution >= 0.6 is 0 Å². The predicted molar refractivity (Wildman–Crippen MR) is 80.9 cm³/mol. The first-order valence-corrected chi connectivity index (χ1v) is 7.66. The Morgan fingerprint density at radius 1 is 1.30 bits per heavy atom. The van der Waals surface area contributed by atoms with Gasteiger partial charge in [0.15, 0.2) is 0 Å². The Morgan fingerprint density at radius 3 is 2.74 bits per heavy atom. The van der Waals surface area contributed by atoms with Gasteiger partial charge < -0.3 is 10.0 Å². The minimum Gasteiger partial charge on any atom is -0.862 e. The van der Waals surface area contributed by atoms with E-state index in [1.807, 2.05) is 11.9 Å². The quantitative estimate of drug-likeness (QED) is 0.412. The fourth-order valence-corrected chi connectivity index (χ4v) is 2.36. The average Bonchev–Trinajstić information content (AvgIpc) is 3.04. The Kier molecular flexibility index (Phi) is 4.65.